The Labute approximate surface area is 125 Å². The molecule has 0 saturated carbocycles. The summed E-state index contributed by atoms with van der Waals surface area (Å²) in [6.45, 7) is 5.58. The molecular weight excluding hydrogens is 270 g/mol. The molecule has 116 valence electrons. The van der Waals surface area contributed by atoms with Crippen LogP contribution in [0.2, 0.25) is 0 Å². The zero-order chi connectivity index (χ0) is 14.7. The number of fused-ring (bicyclic) bond motifs is 1. The Morgan fingerprint density at radius 2 is 2.05 bits per heavy atom. The van der Waals surface area contributed by atoms with Gasteiger partial charge in [-0.15, -0.1) is 0 Å². The van der Waals surface area contributed by atoms with E-state index in [0.29, 0.717) is 19.8 Å². The molecule has 0 spiro atoms. The highest BCUT2D eigenvalue weighted by Gasteiger charge is 2.35. The monoisotopic (exact) mass is 293 g/mol. The lowest BCUT2D eigenvalue weighted by Gasteiger charge is -2.28. The average Bonchev–Trinajstić information content (AvgIpc) is 3.01. The van der Waals surface area contributed by atoms with Crippen molar-refractivity contribution >= 4 is 0 Å². The molecule has 1 N–H and O–H groups in total. The van der Waals surface area contributed by atoms with Gasteiger partial charge in [0, 0.05) is 32.7 Å². The number of rotatable bonds is 5. The number of benzene rings is 1. The molecule has 5 nitrogen and oxygen atoms in total. The molecule has 1 saturated heterocycles. The normalized spacial score (nSPS) is 25.8. The zero-order valence-corrected chi connectivity index (χ0v) is 12.7. The fourth-order valence-corrected chi connectivity index (χ4v) is 2.75. The van der Waals surface area contributed by atoms with Crippen molar-refractivity contribution in [2.24, 2.45) is 0 Å². The molecule has 2 aliphatic heterocycles. The van der Waals surface area contributed by atoms with E-state index >= 15 is 0 Å². The molecule has 1 aromatic rings. The minimum atomic E-state index is -0.192. The smallest absolute Gasteiger partial charge is 0.161 e. The van der Waals surface area contributed by atoms with Crippen molar-refractivity contribution in [1.29, 1.82) is 0 Å². The summed E-state index contributed by atoms with van der Waals surface area (Å²) in [7, 11) is 1.76. The molecule has 2 aliphatic rings. The van der Waals surface area contributed by atoms with Crippen LogP contribution in [0.5, 0.6) is 11.5 Å². The van der Waals surface area contributed by atoms with Crippen LogP contribution in [0.15, 0.2) is 18.2 Å². The molecule has 0 aliphatic carbocycles. The van der Waals surface area contributed by atoms with Crippen molar-refractivity contribution in [3.05, 3.63) is 23.8 Å². The summed E-state index contributed by atoms with van der Waals surface area (Å²) in [5.74, 6) is 1.66. The summed E-state index contributed by atoms with van der Waals surface area (Å²) in [5, 5.41) is 3.54. The van der Waals surface area contributed by atoms with Gasteiger partial charge in [0.15, 0.2) is 11.5 Å². The highest BCUT2D eigenvalue weighted by atomic mass is 16.6. The van der Waals surface area contributed by atoms with E-state index in [1.165, 1.54) is 5.56 Å². The maximum absolute atomic E-state index is 5.64. The number of hydrogen-bond acceptors (Lipinski definition) is 5. The molecule has 2 unspecified atom stereocenters. The molecule has 2 heterocycles. The van der Waals surface area contributed by atoms with Gasteiger partial charge in [-0.2, -0.15) is 0 Å². The predicted octanol–water partition coefficient (Wildman–Crippen LogP) is 1.91. The maximum atomic E-state index is 5.64. The molecule has 21 heavy (non-hydrogen) atoms. The zero-order valence-electron chi connectivity index (χ0n) is 12.7. The number of nitrogens with one attached hydrogen (secondary N) is 1. The summed E-state index contributed by atoms with van der Waals surface area (Å²) >= 11 is 0. The summed E-state index contributed by atoms with van der Waals surface area (Å²) in [5.41, 5.74) is 0.992. The Kier molecular flexibility index (Phi) is 4.33. The van der Waals surface area contributed by atoms with Crippen molar-refractivity contribution in [2.75, 3.05) is 40.1 Å². The van der Waals surface area contributed by atoms with Crippen LogP contribution in [0.4, 0.5) is 0 Å². The Morgan fingerprint density at radius 1 is 1.24 bits per heavy atom. The van der Waals surface area contributed by atoms with Crippen molar-refractivity contribution in [2.45, 2.75) is 25.0 Å². The third-order valence-electron chi connectivity index (χ3n) is 4.30. The standard InChI is InChI=1S/C16H23NO4/c1-12(17-10-16(18-2)5-6-19-11-16)13-3-4-14-15(9-13)21-8-7-20-14/h3-4,9,12,17H,5-8,10-11H2,1-2H3. The van der Waals surface area contributed by atoms with Crippen molar-refractivity contribution in [3.8, 4) is 11.5 Å². The molecule has 3 rings (SSSR count). The lowest BCUT2D eigenvalue weighted by atomic mass is 10.0. The molecule has 1 fully saturated rings. The largest absolute Gasteiger partial charge is 0.486 e. The van der Waals surface area contributed by atoms with Gasteiger partial charge in [-0.25, -0.2) is 0 Å². The highest BCUT2D eigenvalue weighted by Crippen LogP contribution is 2.32. The fourth-order valence-electron chi connectivity index (χ4n) is 2.75. The number of ether oxygens (including phenoxy) is 4. The lowest BCUT2D eigenvalue weighted by molar-refractivity contribution is -0.0172. The summed E-state index contributed by atoms with van der Waals surface area (Å²) in [6.07, 6.45) is 0.935. The number of hydrogen-bond donors (Lipinski definition) is 1. The van der Waals surface area contributed by atoms with E-state index in [4.69, 9.17) is 18.9 Å². The van der Waals surface area contributed by atoms with Gasteiger partial charge in [-0.3, -0.25) is 0 Å². The molecule has 0 radical (unpaired) electrons. The van der Waals surface area contributed by atoms with E-state index in [2.05, 4.69) is 24.4 Å². The Balaban J connectivity index is 1.63. The molecule has 5 heteroatoms. The van der Waals surface area contributed by atoms with E-state index in [1.807, 2.05) is 6.07 Å². The maximum Gasteiger partial charge on any atom is 0.161 e. The molecule has 1 aromatic carbocycles. The summed E-state index contributed by atoms with van der Waals surface area (Å²) < 4.78 is 22.3. The van der Waals surface area contributed by atoms with Crippen LogP contribution in [-0.4, -0.2) is 45.7 Å². The van der Waals surface area contributed by atoms with Crippen LogP contribution >= 0.6 is 0 Å². The van der Waals surface area contributed by atoms with Gasteiger partial charge >= 0.3 is 0 Å². The quantitative estimate of drug-likeness (QED) is 0.899. The number of methoxy groups -OCH3 is 1. The SMILES string of the molecule is COC1(CNC(C)c2ccc3c(c2)OCCO3)CCOC1. The van der Waals surface area contributed by atoms with Gasteiger partial charge in [0.05, 0.1) is 6.61 Å². The summed E-state index contributed by atoms with van der Waals surface area (Å²) in [4.78, 5) is 0. The van der Waals surface area contributed by atoms with Gasteiger partial charge in [-0.1, -0.05) is 6.07 Å². The van der Waals surface area contributed by atoms with Crippen LogP contribution < -0.4 is 14.8 Å². The van der Waals surface area contributed by atoms with Crippen LogP contribution in [0.25, 0.3) is 0 Å². The molecule has 0 amide bonds. The van der Waals surface area contributed by atoms with Crippen LogP contribution in [0, 0.1) is 0 Å². The lowest BCUT2D eigenvalue weighted by Crippen LogP contribution is -2.43. The van der Waals surface area contributed by atoms with Crippen LogP contribution in [0.3, 0.4) is 0 Å². The highest BCUT2D eigenvalue weighted by molar-refractivity contribution is 5.44. The second-order valence-electron chi connectivity index (χ2n) is 5.70. The van der Waals surface area contributed by atoms with E-state index in [9.17, 15) is 0 Å². The first-order chi connectivity index (χ1) is 10.2. The molecular formula is C16H23NO4. The van der Waals surface area contributed by atoms with Crippen molar-refractivity contribution < 1.29 is 18.9 Å². The van der Waals surface area contributed by atoms with Gasteiger partial charge in [0.1, 0.15) is 18.8 Å². The van der Waals surface area contributed by atoms with Gasteiger partial charge in [-0.05, 0) is 24.6 Å². The van der Waals surface area contributed by atoms with Gasteiger partial charge in [0.25, 0.3) is 0 Å². The molecule has 2 atom stereocenters. The van der Waals surface area contributed by atoms with Crippen molar-refractivity contribution in [1.82, 2.24) is 5.32 Å². The van der Waals surface area contributed by atoms with E-state index in [-0.39, 0.29) is 11.6 Å². The molecule has 0 aromatic heterocycles. The first kappa shape index (κ1) is 14.6. The first-order valence-corrected chi connectivity index (χ1v) is 7.48. The average molecular weight is 293 g/mol. The second-order valence-corrected chi connectivity index (χ2v) is 5.70. The predicted molar refractivity (Wildman–Crippen MR) is 79.0 cm³/mol. The van der Waals surface area contributed by atoms with Gasteiger partial charge < -0.3 is 24.3 Å². The van der Waals surface area contributed by atoms with Gasteiger partial charge in [0.2, 0.25) is 0 Å². The Morgan fingerprint density at radius 3 is 2.76 bits per heavy atom. The molecule has 0 bridgehead atoms. The van der Waals surface area contributed by atoms with E-state index in [1.54, 1.807) is 7.11 Å². The van der Waals surface area contributed by atoms with Crippen molar-refractivity contribution in [3.63, 3.8) is 0 Å². The van der Waals surface area contributed by atoms with E-state index < -0.39 is 0 Å². The van der Waals surface area contributed by atoms with E-state index in [0.717, 1.165) is 31.1 Å². The minimum absolute atomic E-state index is 0.192. The summed E-state index contributed by atoms with van der Waals surface area (Å²) in [6, 6.07) is 6.33. The van der Waals surface area contributed by atoms with Crippen LogP contribution in [0.1, 0.15) is 24.9 Å². The first-order valence-electron chi connectivity index (χ1n) is 7.48. The second kappa shape index (κ2) is 6.22. The third kappa shape index (κ3) is 3.15. The Bertz CT molecular complexity index is 485. The third-order valence-corrected chi connectivity index (χ3v) is 4.30. The topological polar surface area (TPSA) is 49.0 Å². The Hall–Kier alpha value is -1.30. The van der Waals surface area contributed by atoms with Crippen LogP contribution in [-0.2, 0) is 9.47 Å². The fraction of sp³-hybridized carbons (Fsp3) is 0.625. The minimum Gasteiger partial charge on any atom is -0.486 e.